The van der Waals surface area contributed by atoms with Crippen molar-refractivity contribution in [1.29, 1.82) is 0 Å². The molecule has 3 rings (SSSR count). The van der Waals surface area contributed by atoms with Crippen LogP contribution >= 0.6 is 0 Å². The Morgan fingerprint density at radius 3 is 2.50 bits per heavy atom. The quantitative estimate of drug-likeness (QED) is 0.347. The Hall–Kier alpha value is -3.19. The first kappa shape index (κ1) is 23.5. The van der Waals surface area contributed by atoms with Crippen LogP contribution in [0, 0.1) is 0 Å². The number of nitrogens with zero attached hydrogens (tertiary/aromatic N) is 3. The lowest BCUT2D eigenvalue weighted by Gasteiger charge is -2.28. The number of hydrogen-bond donors (Lipinski definition) is 1. The molecule has 0 spiro atoms. The van der Waals surface area contributed by atoms with Gasteiger partial charge in [0.1, 0.15) is 11.5 Å². The Balaban J connectivity index is 2.04. The van der Waals surface area contributed by atoms with Gasteiger partial charge in [-0.25, -0.2) is 0 Å². The first-order chi connectivity index (χ1) is 15.5. The zero-order valence-corrected chi connectivity index (χ0v) is 19.0. The highest BCUT2D eigenvalue weighted by molar-refractivity contribution is 6.46. The predicted octanol–water partition coefficient (Wildman–Crippen LogP) is 3.63. The van der Waals surface area contributed by atoms with Crippen molar-refractivity contribution < 1.29 is 19.4 Å². The molecule has 0 bridgehead atoms. The summed E-state index contributed by atoms with van der Waals surface area (Å²) in [7, 11) is 0. The fraction of sp³-hybridized carbons (Fsp3) is 0.400. The molecule has 1 aliphatic rings. The maximum Gasteiger partial charge on any atom is 0.295 e. The van der Waals surface area contributed by atoms with Gasteiger partial charge in [0.2, 0.25) is 0 Å². The molecular formula is C25H31N3O4. The van der Waals surface area contributed by atoms with Crippen molar-refractivity contribution in [2.75, 3.05) is 32.8 Å². The molecule has 170 valence electrons. The lowest BCUT2D eigenvalue weighted by atomic mass is 9.96. The summed E-state index contributed by atoms with van der Waals surface area (Å²) in [4.78, 5) is 33.9. The minimum absolute atomic E-state index is 0.0911. The molecule has 32 heavy (non-hydrogen) atoms. The van der Waals surface area contributed by atoms with E-state index in [4.69, 9.17) is 4.74 Å². The molecule has 1 unspecified atom stereocenters. The van der Waals surface area contributed by atoms with E-state index in [1.165, 1.54) is 0 Å². The largest absolute Gasteiger partial charge is 0.507 e. The monoisotopic (exact) mass is 437 g/mol. The second kappa shape index (κ2) is 10.9. The Morgan fingerprint density at radius 2 is 1.84 bits per heavy atom. The van der Waals surface area contributed by atoms with Gasteiger partial charge in [-0.05, 0) is 49.3 Å². The van der Waals surface area contributed by atoms with Crippen LogP contribution in [0.1, 0.15) is 44.4 Å². The van der Waals surface area contributed by atoms with Crippen LogP contribution in [0.3, 0.4) is 0 Å². The van der Waals surface area contributed by atoms with Crippen LogP contribution < -0.4 is 4.74 Å². The minimum Gasteiger partial charge on any atom is -0.507 e. The van der Waals surface area contributed by atoms with Crippen molar-refractivity contribution in [1.82, 2.24) is 14.8 Å². The summed E-state index contributed by atoms with van der Waals surface area (Å²) < 4.78 is 5.67. The average molecular weight is 438 g/mol. The maximum absolute atomic E-state index is 13.1. The second-order valence-electron chi connectivity index (χ2n) is 7.68. The van der Waals surface area contributed by atoms with Gasteiger partial charge in [0.25, 0.3) is 11.7 Å². The summed E-state index contributed by atoms with van der Waals surface area (Å²) in [5.74, 6) is -0.868. The standard InChI is InChI=1S/C25H31N3O4/c1-4-16-32-20-9-7-8-19(17-20)23(29)21-22(18-10-12-26-13-11-18)28(25(31)24(21)30)15-14-27(5-2)6-3/h7-13,17,22,29H,4-6,14-16H2,1-3H3. The molecule has 7 heteroatoms. The Morgan fingerprint density at radius 1 is 1.12 bits per heavy atom. The number of pyridine rings is 1. The zero-order chi connectivity index (χ0) is 23.1. The molecule has 0 saturated carbocycles. The second-order valence-corrected chi connectivity index (χ2v) is 7.68. The minimum atomic E-state index is -0.677. The summed E-state index contributed by atoms with van der Waals surface area (Å²) >= 11 is 0. The van der Waals surface area contributed by atoms with Gasteiger partial charge in [0, 0.05) is 31.0 Å². The number of ketones is 1. The fourth-order valence-corrected chi connectivity index (χ4v) is 3.90. The van der Waals surface area contributed by atoms with Crippen molar-refractivity contribution >= 4 is 17.4 Å². The maximum atomic E-state index is 13.1. The molecule has 0 radical (unpaired) electrons. The van der Waals surface area contributed by atoms with E-state index >= 15 is 0 Å². The van der Waals surface area contributed by atoms with Crippen molar-refractivity contribution in [3.05, 3.63) is 65.5 Å². The van der Waals surface area contributed by atoms with E-state index < -0.39 is 17.7 Å². The number of aromatic nitrogens is 1. The molecule has 1 aromatic heterocycles. The van der Waals surface area contributed by atoms with Crippen molar-refractivity contribution in [3.8, 4) is 5.75 Å². The van der Waals surface area contributed by atoms with Crippen LogP contribution in [0.5, 0.6) is 5.75 Å². The summed E-state index contributed by atoms with van der Waals surface area (Å²) in [6.45, 7) is 9.42. The van der Waals surface area contributed by atoms with Gasteiger partial charge < -0.3 is 19.6 Å². The highest BCUT2D eigenvalue weighted by Gasteiger charge is 2.45. The van der Waals surface area contributed by atoms with Crippen LogP contribution in [0.4, 0.5) is 0 Å². The molecule has 0 aliphatic carbocycles. The molecule has 1 amide bonds. The zero-order valence-electron chi connectivity index (χ0n) is 19.0. The van der Waals surface area contributed by atoms with E-state index in [9.17, 15) is 14.7 Å². The van der Waals surface area contributed by atoms with Gasteiger partial charge in [-0.1, -0.05) is 32.9 Å². The van der Waals surface area contributed by atoms with Crippen LogP contribution in [-0.2, 0) is 9.59 Å². The fourth-order valence-electron chi connectivity index (χ4n) is 3.90. The number of aliphatic hydroxyl groups excluding tert-OH is 1. The van der Waals surface area contributed by atoms with Crippen molar-refractivity contribution in [2.45, 2.75) is 33.2 Å². The molecule has 1 fully saturated rings. The van der Waals surface area contributed by atoms with E-state index in [1.54, 1.807) is 53.7 Å². The van der Waals surface area contributed by atoms with Crippen LogP contribution in [0.2, 0.25) is 0 Å². The molecule has 1 N–H and O–H groups in total. The van der Waals surface area contributed by atoms with Crippen molar-refractivity contribution in [3.63, 3.8) is 0 Å². The number of likely N-dealkylation sites (tertiary alicyclic amines) is 1. The topological polar surface area (TPSA) is 83.0 Å². The number of benzene rings is 1. The Bertz CT molecular complexity index is 970. The van der Waals surface area contributed by atoms with Gasteiger partial charge >= 0.3 is 0 Å². The SMILES string of the molecule is CCCOc1cccc(C(O)=C2C(=O)C(=O)N(CCN(CC)CC)C2c2ccncc2)c1. The Kier molecular flexibility index (Phi) is 8.00. The number of carbonyl (C=O) groups excluding carboxylic acids is 2. The number of hydrogen-bond acceptors (Lipinski definition) is 6. The number of carbonyl (C=O) groups is 2. The lowest BCUT2D eigenvalue weighted by Crippen LogP contribution is -2.38. The average Bonchev–Trinajstić information content (AvgIpc) is 3.08. The number of rotatable bonds is 10. The summed E-state index contributed by atoms with van der Waals surface area (Å²) in [6.07, 6.45) is 4.11. The molecule has 2 heterocycles. The number of ether oxygens (including phenoxy) is 1. The molecule has 7 nitrogen and oxygen atoms in total. The summed E-state index contributed by atoms with van der Waals surface area (Å²) in [6, 6.07) is 9.84. The smallest absolute Gasteiger partial charge is 0.295 e. The number of likely N-dealkylation sites (N-methyl/N-ethyl adjacent to an activating group) is 1. The van der Waals surface area contributed by atoms with Crippen molar-refractivity contribution in [2.24, 2.45) is 0 Å². The summed E-state index contributed by atoms with van der Waals surface area (Å²) in [5, 5.41) is 11.2. The van der Waals surface area contributed by atoms with E-state index in [1.807, 2.05) is 6.92 Å². The molecule has 1 saturated heterocycles. The van der Waals surface area contributed by atoms with Gasteiger partial charge in [-0.2, -0.15) is 0 Å². The number of aliphatic hydroxyl groups is 1. The summed E-state index contributed by atoms with van der Waals surface area (Å²) in [5.41, 5.74) is 1.27. The third-order valence-electron chi connectivity index (χ3n) is 5.69. The van der Waals surface area contributed by atoms with E-state index in [0.29, 0.717) is 31.0 Å². The molecule has 1 atom stereocenters. The third-order valence-corrected chi connectivity index (χ3v) is 5.69. The van der Waals surface area contributed by atoms with E-state index in [-0.39, 0.29) is 11.3 Å². The molecular weight excluding hydrogens is 406 g/mol. The lowest BCUT2D eigenvalue weighted by molar-refractivity contribution is -0.140. The highest BCUT2D eigenvalue weighted by atomic mass is 16.5. The van der Waals surface area contributed by atoms with E-state index in [0.717, 1.165) is 25.1 Å². The van der Waals surface area contributed by atoms with Gasteiger partial charge in [-0.15, -0.1) is 0 Å². The third kappa shape index (κ3) is 4.99. The van der Waals surface area contributed by atoms with Gasteiger partial charge in [-0.3, -0.25) is 14.6 Å². The van der Waals surface area contributed by atoms with Crippen LogP contribution in [0.25, 0.3) is 5.76 Å². The van der Waals surface area contributed by atoms with Crippen LogP contribution in [0.15, 0.2) is 54.4 Å². The predicted molar refractivity (Wildman–Crippen MR) is 123 cm³/mol. The van der Waals surface area contributed by atoms with Crippen LogP contribution in [-0.4, -0.2) is 64.4 Å². The first-order valence-electron chi connectivity index (χ1n) is 11.2. The first-order valence-corrected chi connectivity index (χ1v) is 11.2. The Labute approximate surface area is 189 Å². The van der Waals surface area contributed by atoms with Gasteiger partial charge in [0.05, 0.1) is 18.2 Å². The highest BCUT2D eigenvalue weighted by Crippen LogP contribution is 2.39. The normalized spacial score (nSPS) is 17.9. The molecule has 1 aromatic carbocycles. The van der Waals surface area contributed by atoms with Gasteiger partial charge in [0.15, 0.2) is 0 Å². The number of Topliss-reactive ketones (excluding diaryl/α,β-unsaturated/α-hetero) is 1. The van der Waals surface area contributed by atoms with E-state index in [2.05, 4.69) is 23.7 Å². The number of amides is 1. The molecule has 2 aromatic rings. The molecule has 1 aliphatic heterocycles.